The van der Waals surface area contributed by atoms with Gasteiger partial charge in [0.05, 0.1) is 5.03 Å². The zero-order chi connectivity index (χ0) is 12.8. The fourth-order valence-corrected chi connectivity index (χ4v) is 1.49. The van der Waals surface area contributed by atoms with Gasteiger partial charge in [-0.25, -0.2) is 4.39 Å². The van der Waals surface area contributed by atoms with E-state index in [1.807, 2.05) is 6.92 Å². The third-order valence-corrected chi connectivity index (χ3v) is 2.64. The van der Waals surface area contributed by atoms with Crippen LogP contribution < -0.4 is 10.5 Å². The molecule has 5 heteroatoms. The van der Waals surface area contributed by atoms with Crippen LogP contribution in [0.4, 0.5) is 4.39 Å². The molecule has 1 atom stereocenters. The van der Waals surface area contributed by atoms with Crippen LogP contribution in [0.15, 0.2) is 28.8 Å². The second-order valence-electron chi connectivity index (χ2n) is 3.78. The summed E-state index contributed by atoms with van der Waals surface area (Å²) in [6.07, 6.45) is 0.537. The predicted octanol–water partition coefficient (Wildman–Crippen LogP) is 3.41. The van der Waals surface area contributed by atoms with Gasteiger partial charge in [-0.15, -0.1) is 0 Å². The standard InChI is InChI=1S/C12H14Cl2FNO/c1-8(16)4-9-5-11(15)2-3-12(9)17-7-10(14)6-13/h2-3,5-6,8H,4,7,16H2,1H3/b10-6-. The lowest BCUT2D eigenvalue weighted by Crippen LogP contribution is -2.18. The maximum Gasteiger partial charge on any atom is 0.125 e. The van der Waals surface area contributed by atoms with Gasteiger partial charge in [0.25, 0.3) is 0 Å². The molecule has 0 aliphatic rings. The summed E-state index contributed by atoms with van der Waals surface area (Å²) in [7, 11) is 0. The minimum absolute atomic E-state index is 0.0711. The third kappa shape index (κ3) is 4.94. The topological polar surface area (TPSA) is 35.2 Å². The lowest BCUT2D eigenvalue weighted by atomic mass is 10.1. The SMILES string of the molecule is CC(N)Cc1cc(F)ccc1OC/C(Cl)=C/Cl. The number of halogens is 3. The molecule has 0 aromatic heterocycles. The van der Waals surface area contributed by atoms with Crippen molar-refractivity contribution >= 4 is 23.2 Å². The first-order chi connectivity index (χ1) is 8.02. The van der Waals surface area contributed by atoms with E-state index in [1.165, 1.54) is 17.7 Å². The molecule has 94 valence electrons. The summed E-state index contributed by atoms with van der Waals surface area (Å²) in [4.78, 5) is 0. The Hall–Kier alpha value is -0.770. The molecule has 1 unspecified atom stereocenters. The molecule has 17 heavy (non-hydrogen) atoms. The van der Waals surface area contributed by atoms with Crippen LogP contribution in [-0.2, 0) is 6.42 Å². The highest BCUT2D eigenvalue weighted by atomic mass is 35.5. The van der Waals surface area contributed by atoms with Gasteiger partial charge in [0.1, 0.15) is 18.2 Å². The molecule has 0 aliphatic carbocycles. The molecule has 1 aromatic rings. The van der Waals surface area contributed by atoms with E-state index in [9.17, 15) is 4.39 Å². The Morgan fingerprint density at radius 1 is 1.59 bits per heavy atom. The molecular formula is C12H14Cl2FNO. The smallest absolute Gasteiger partial charge is 0.125 e. The van der Waals surface area contributed by atoms with E-state index in [0.29, 0.717) is 17.2 Å². The van der Waals surface area contributed by atoms with Crippen molar-refractivity contribution in [3.63, 3.8) is 0 Å². The predicted molar refractivity (Wildman–Crippen MR) is 69.0 cm³/mol. The molecule has 2 N–H and O–H groups in total. The van der Waals surface area contributed by atoms with Crippen molar-refractivity contribution < 1.29 is 9.13 Å². The summed E-state index contributed by atoms with van der Waals surface area (Å²) >= 11 is 11.1. The van der Waals surface area contributed by atoms with Gasteiger partial charge in [0, 0.05) is 11.6 Å². The van der Waals surface area contributed by atoms with Gasteiger partial charge in [-0.1, -0.05) is 23.2 Å². The molecule has 0 bridgehead atoms. The molecule has 1 aromatic carbocycles. The Bertz CT molecular complexity index is 407. The molecule has 0 heterocycles. The highest BCUT2D eigenvalue weighted by Gasteiger charge is 2.08. The minimum atomic E-state index is -0.313. The number of benzene rings is 1. The van der Waals surface area contributed by atoms with Crippen molar-refractivity contribution in [3.05, 3.63) is 40.1 Å². The van der Waals surface area contributed by atoms with Crippen LogP contribution in [0.5, 0.6) is 5.75 Å². The normalized spacial score (nSPS) is 13.6. The van der Waals surface area contributed by atoms with Gasteiger partial charge in [0.2, 0.25) is 0 Å². The maximum atomic E-state index is 13.1. The van der Waals surface area contributed by atoms with E-state index >= 15 is 0 Å². The number of hydrogen-bond acceptors (Lipinski definition) is 2. The van der Waals surface area contributed by atoms with Crippen molar-refractivity contribution in [2.45, 2.75) is 19.4 Å². The molecule has 2 nitrogen and oxygen atoms in total. The van der Waals surface area contributed by atoms with Crippen LogP contribution >= 0.6 is 23.2 Å². The lowest BCUT2D eigenvalue weighted by molar-refractivity contribution is 0.353. The quantitative estimate of drug-likeness (QED) is 0.895. The second kappa shape index (κ2) is 6.84. The molecule has 0 saturated heterocycles. The molecule has 1 rings (SSSR count). The molecular weight excluding hydrogens is 264 g/mol. The van der Waals surface area contributed by atoms with Gasteiger partial charge in [-0.05, 0) is 37.1 Å². The number of hydrogen-bond donors (Lipinski definition) is 1. The Kier molecular flexibility index (Phi) is 5.75. The number of rotatable bonds is 5. The molecule has 0 spiro atoms. The van der Waals surface area contributed by atoms with Gasteiger partial charge < -0.3 is 10.5 Å². The van der Waals surface area contributed by atoms with Crippen molar-refractivity contribution in [1.82, 2.24) is 0 Å². The molecule has 0 fully saturated rings. The van der Waals surface area contributed by atoms with Crippen molar-refractivity contribution in [2.24, 2.45) is 5.73 Å². The number of nitrogens with two attached hydrogens (primary N) is 1. The van der Waals surface area contributed by atoms with E-state index in [2.05, 4.69) is 0 Å². The van der Waals surface area contributed by atoms with Gasteiger partial charge >= 0.3 is 0 Å². The van der Waals surface area contributed by atoms with Crippen LogP contribution in [0.25, 0.3) is 0 Å². The zero-order valence-corrected chi connectivity index (χ0v) is 10.9. The first-order valence-corrected chi connectivity index (χ1v) is 5.96. The fraction of sp³-hybridized carbons (Fsp3) is 0.333. The first kappa shape index (κ1) is 14.3. The molecule has 0 aliphatic heterocycles. The average Bonchev–Trinajstić information content (AvgIpc) is 2.26. The highest BCUT2D eigenvalue weighted by molar-refractivity contribution is 6.36. The maximum absolute atomic E-state index is 13.1. The van der Waals surface area contributed by atoms with Crippen molar-refractivity contribution in [2.75, 3.05) is 6.61 Å². The van der Waals surface area contributed by atoms with Crippen molar-refractivity contribution in [1.29, 1.82) is 0 Å². The van der Waals surface area contributed by atoms with Gasteiger partial charge in [-0.3, -0.25) is 0 Å². The summed E-state index contributed by atoms with van der Waals surface area (Å²) in [6, 6.07) is 4.24. The van der Waals surface area contributed by atoms with E-state index in [1.54, 1.807) is 6.07 Å². The Balaban J connectivity index is 2.82. The van der Waals surface area contributed by atoms with E-state index in [-0.39, 0.29) is 18.5 Å². The van der Waals surface area contributed by atoms with Crippen LogP contribution in [0.3, 0.4) is 0 Å². The summed E-state index contributed by atoms with van der Waals surface area (Å²) in [5.74, 6) is 0.257. The third-order valence-electron chi connectivity index (χ3n) is 2.05. The Morgan fingerprint density at radius 2 is 2.29 bits per heavy atom. The summed E-state index contributed by atoms with van der Waals surface area (Å²) < 4.78 is 18.5. The van der Waals surface area contributed by atoms with Crippen LogP contribution in [0.1, 0.15) is 12.5 Å². The Labute approximate surface area is 110 Å². The highest BCUT2D eigenvalue weighted by Crippen LogP contribution is 2.22. The Morgan fingerprint density at radius 3 is 2.88 bits per heavy atom. The fourth-order valence-electron chi connectivity index (χ4n) is 1.37. The van der Waals surface area contributed by atoms with Crippen molar-refractivity contribution in [3.8, 4) is 5.75 Å². The summed E-state index contributed by atoms with van der Waals surface area (Å²) in [5.41, 5.74) is 7.64. The molecule has 0 amide bonds. The average molecular weight is 278 g/mol. The van der Waals surface area contributed by atoms with Crippen LogP contribution in [0, 0.1) is 5.82 Å². The van der Waals surface area contributed by atoms with Gasteiger partial charge in [0.15, 0.2) is 0 Å². The largest absolute Gasteiger partial charge is 0.488 e. The molecule has 0 saturated carbocycles. The van der Waals surface area contributed by atoms with Gasteiger partial charge in [-0.2, -0.15) is 0 Å². The summed E-state index contributed by atoms with van der Waals surface area (Å²) in [5, 5.41) is 0.378. The zero-order valence-electron chi connectivity index (χ0n) is 9.42. The first-order valence-electron chi connectivity index (χ1n) is 5.14. The minimum Gasteiger partial charge on any atom is -0.488 e. The van der Waals surface area contributed by atoms with E-state index in [4.69, 9.17) is 33.7 Å². The lowest BCUT2D eigenvalue weighted by Gasteiger charge is -2.12. The number of ether oxygens (including phenoxy) is 1. The summed E-state index contributed by atoms with van der Waals surface area (Å²) in [6.45, 7) is 2.00. The van der Waals surface area contributed by atoms with E-state index < -0.39 is 0 Å². The second-order valence-corrected chi connectivity index (χ2v) is 4.48. The van der Waals surface area contributed by atoms with Crippen LogP contribution in [0.2, 0.25) is 0 Å². The monoisotopic (exact) mass is 277 g/mol. The van der Waals surface area contributed by atoms with E-state index in [0.717, 1.165) is 5.56 Å². The van der Waals surface area contributed by atoms with Crippen LogP contribution in [-0.4, -0.2) is 12.6 Å². The molecule has 0 radical (unpaired) electrons.